The van der Waals surface area contributed by atoms with Crippen molar-refractivity contribution < 1.29 is 10.0 Å². The summed E-state index contributed by atoms with van der Waals surface area (Å²) in [5.41, 5.74) is -1.64. The van der Waals surface area contributed by atoms with Crippen LogP contribution in [0.5, 0.6) is 5.75 Å². The highest BCUT2D eigenvalue weighted by Crippen LogP contribution is 2.28. The van der Waals surface area contributed by atoms with E-state index in [-0.39, 0.29) is 10.9 Å². The third-order valence-corrected chi connectivity index (χ3v) is 2.76. The number of nitrogens with zero attached hydrogens (tertiary/aromatic N) is 3. The molecule has 2 aromatic rings. The van der Waals surface area contributed by atoms with Crippen molar-refractivity contribution in [2.45, 2.75) is 0 Å². The molecule has 94 valence electrons. The van der Waals surface area contributed by atoms with Gasteiger partial charge in [-0.3, -0.25) is 24.0 Å². The number of fused-ring (bicyclic) bond motifs is 1. The average Bonchev–Trinajstić information content (AvgIpc) is 2.33. The van der Waals surface area contributed by atoms with Crippen LogP contribution in [0.1, 0.15) is 0 Å². The molecule has 0 saturated carbocycles. The maximum atomic E-state index is 11.8. The van der Waals surface area contributed by atoms with Crippen LogP contribution in [0.2, 0.25) is 0 Å². The third kappa shape index (κ3) is 1.46. The summed E-state index contributed by atoms with van der Waals surface area (Å²) < 4.78 is 1.99. The monoisotopic (exact) mass is 251 g/mol. The predicted molar refractivity (Wildman–Crippen MR) is 62.7 cm³/mol. The highest BCUT2D eigenvalue weighted by Gasteiger charge is 2.18. The van der Waals surface area contributed by atoms with Gasteiger partial charge in [-0.25, -0.2) is 4.79 Å². The van der Waals surface area contributed by atoms with Gasteiger partial charge in [-0.05, 0) is 0 Å². The zero-order chi connectivity index (χ0) is 13.6. The molecule has 8 nitrogen and oxygen atoms in total. The number of phenols is 1. The molecule has 0 saturated heterocycles. The number of hydrogen-bond donors (Lipinski definition) is 1. The number of aromatic nitrogens is 2. The zero-order valence-electron chi connectivity index (χ0n) is 9.58. The summed E-state index contributed by atoms with van der Waals surface area (Å²) >= 11 is 0. The summed E-state index contributed by atoms with van der Waals surface area (Å²) in [5.74, 6) is -0.587. The van der Waals surface area contributed by atoms with Crippen LogP contribution in [0.3, 0.4) is 0 Å². The predicted octanol–water partition coefficient (Wildman–Crippen LogP) is -0.149. The number of rotatable bonds is 1. The van der Waals surface area contributed by atoms with Crippen LogP contribution >= 0.6 is 0 Å². The van der Waals surface area contributed by atoms with E-state index in [1.54, 1.807) is 0 Å². The fourth-order valence-corrected chi connectivity index (χ4v) is 1.76. The molecule has 8 heteroatoms. The van der Waals surface area contributed by atoms with Crippen molar-refractivity contribution in [2.24, 2.45) is 14.1 Å². The summed E-state index contributed by atoms with van der Waals surface area (Å²) in [6, 6.07) is 2.00. The van der Waals surface area contributed by atoms with E-state index in [0.29, 0.717) is 0 Å². The summed E-state index contributed by atoms with van der Waals surface area (Å²) in [6.45, 7) is 0. The molecule has 0 aliphatic carbocycles. The number of phenolic OH excluding ortho intramolecular Hbond substituents is 1. The van der Waals surface area contributed by atoms with Crippen molar-refractivity contribution in [3.63, 3.8) is 0 Å². The molecule has 0 bridgehead atoms. The van der Waals surface area contributed by atoms with Gasteiger partial charge < -0.3 is 5.11 Å². The molecular weight excluding hydrogens is 242 g/mol. The van der Waals surface area contributed by atoms with Crippen molar-refractivity contribution in [1.82, 2.24) is 9.13 Å². The van der Waals surface area contributed by atoms with Gasteiger partial charge in [0.1, 0.15) is 0 Å². The van der Waals surface area contributed by atoms with Crippen molar-refractivity contribution in [1.29, 1.82) is 0 Å². The minimum absolute atomic E-state index is 0.00380. The van der Waals surface area contributed by atoms with Crippen molar-refractivity contribution in [3.05, 3.63) is 43.1 Å². The fourth-order valence-electron chi connectivity index (χ4n) is 1.76. The number of aryl methyl sites for hydroxylation is 1. The summed E-state index contributed by atoms with van der Waals surface area (Å²) in [7, 11) is 2.69. The molecule has 1 heterocycles. The maximum absolute atomic E-state index is 11.8. The first-order chi connectivity index (χ1) is 8.34. The lowest BCUT2D eigenvalue weighted by Gasteiger charge is -2.07. The van der Waals surface area contributed by atoms with Crippen LogP contribution in [0.4, 0.5) is 5.69 Å². The molecule has 1 N–H and O–H groups in total. The van der Waals surface area contributed by atoms with E-state index in [9.17, 15) is 24.8 Å². The SMILES string of the molecule is Cn1c(=O)c2cc([N+](=O)[O-])c(O)cc2n(C)c1=O. The summed E-state index contributed by atoms with van der Waals surface area (Å²) in [6.07, 6.45) is 0. The van der Waals surface area contributed by atoms with Gasteiger partial charge in [-0.15, -0.1) is 0 Å². The lowest BCUT2D eigenvalue weighted by molar-refractivity contribution is -0.385. The first-order valence-electron chi connectivity index (χ1n) is 4.91. The molecule has 0 unspecified atom stereocenters. The Bertz CT molecular complexity index is 787. The first kappa shape index (κ1) is 11.8. The lowest BCUT2D eigenvalue weighted by Crippen LogP contribution is -2.36. The minimum atomic E-state index is -0.792. The van der Waals surface area contributed by atoms with E-state index >= 15 is 0 Å². The molecule has 0 radical (unpaired) electrons. The smallest absolute Gasteiger partial charge is 0.330 e. The molecule has 0 amide bonds. The Hall–Kier alpha value is -2.64. The van der Waals surface area contributed by atoms with Gasteiger partial charge in [0, 0.05) is 26.2 Å². The molecule has 18 heavy (non-hydrogen) atoms. The Labute approximate surface area is 99.5 Å². The van der Waals surface area contributed by atoms with Gasteiger partial charge in [0.15, 0.2) is 5.75 Å². The standard InChI is InChI=1S/C10H9N3O5/c1-11-6-4-8(14)7(13(17)18)3-5(6)9(15)12(2)10(11)16/h3-4,14H,1-2H3. The van der Waals surface area contributed by atoms with Crippen molar-refractivity contribution >= 4 is 16.6 Å². The van der Waals surface area contributed by atoms with Crippen molar-refractivity contribution in [3.8, 4) is 5.75 Å². The number of hydrogen-bond acceptors (Lipinski definition) is 5. The second-order valence-electron chi connectivity index (χ2n) is 3.82. The molecule has 0 spiro atoms. The van der Waals surface area contributed by atoms with E-state index in [4.69, 9.17) is 0 Å². The van der Waals surface area contributed by atoms with Gasteiger partial charge in [-0.2, -0.15) is 0 Å². The van der Waals surface area contributed by atoms with Crippen LogP contribution in [0, 0.1) is 10.1 Å². The Morgan fingerprint density at radius 3 is 2.39 bits per heavy atom. The quantitative estimate of drug-likeness (QED) is 0.560. The van der Waals surface area contributed by atoms with E-state index in [1.165, 1.54) is 14.1 Å². The van der Waals surface area contributed by atoms with Gasteiger partial charge >= 0.3 is 11.4 Å². The van der Waals surface area contributed by atoms with Crippen molar-refractivity contribution in [2.75, 3.05) is 0 Å². The first-order valence-corrected chi connectivity index (χ1v) is 4.91. The van der Waals surface area contributed by atoms with Gasteiger partial charge in [-0.1, -0.05) is 0 Å². The molecule has 0 fully saturated rings. The zero-order valence-corrected chi connectivity index (χ0v) is 9.58. The van der Waals surface area contributed by atoms with Gasteiger partial charge in [0.2, 0.25) is 0 Å². The third-order valence-electron chi connectivity index (χ3n) is 2.76. The Morgan fingerprint density at radius 2 is 1.83 bits per heavy atom. The molecule has 0 aliphatic rings. The summed E-state index contributed by atoms with van der Waals surface area (Å²) in [4.78, 5) is 33.4. The Kier molecular flexibility index (Phi) is 2.43. The second kappa shape index (κ2) is 3.69. The molecule has 2 rings (SSSR count). The lowest BCUT2D eigenvalue weighted by atomic mass is 10.2. The fraction of sp³-hybridized carbons (Fsp3) is 0.200. The van der Waals surface area contributed by atoms with Gasteiger partial charge in [0.05, 0.1) is 15.8 Å². The maximum Gasteiger partial charge on any atom is 0.330 e. The second-order valence-corrected chi connectivity index (χ2v) is 3.82. The van der Waals surface area contributed by atoms with Crippen LogP contribution < -0.4 is 11.2 Å². The minimum Gasteiger partial charge on any atom is -0.502 e. The normalized spacial score (nSPS) is 10.8. The molecular formula is C10H9N3O5. The van der Waals surface area contributed by atoms with Crippen LogP contribution in [0.25, 0.3) is 10.9 Å². The molecule has 0 aliphatic heterocycles. The van der Waals surface area contributed by atoms with Crippen LogP contribution in [0.15, 0.2) is 21.7 Å². The van der Waals surface area contributed by atoms with E-state index in [0.717, 1.165) is 21.3 Å². The summed E-state index contributed by atoms with van der Waals surface area (Å²) in [5, 5.41) is 20.2. The molecule has 1 aromatic heterocycles. The Morgan fingerprint density at radius 1 is 1.22 bits per heavy atom. The topological polar surface area (TPSA) is 107 Å². The number of nitro benzene ring substituents is 1. The van der Waals surface area contributed by atoms with E-state index in [2.05, 4.69) is 0 Å². The number of aromatic hydroxyl groups is 1. The number of benzene rings is 1. The van der Waals surface area contributed by atoms with Crippen LogP contribution in [-0.4, -0.2) is 19.2 Å². The van der Waals surface area contributed by atoms with E-state index < -0.39 is 27.6 Å². The molecule has 1 aromatic carbocycles. The number of nitro groups is 1. The average molecular weight is 251 g/mol. The highest BCUT2D eigenvalue weighted by molar-refractivity contribution is 5.83. The van der Waals surface area contributed by atoms with Crippen LogP contribution in [-0.2, 0) is 14.1 Å². The largest absolute Gasteiger partial charge is 0.502 e. The molecule has 0 atom stereocenters. The Balaban J connectivity index is 3.09. The van der Waals surface area contributed by atoms with Gasteiger partial charge in [0.25, 0.3) is 5.56 Å². The van der Waals surface area contributed by atoms with E-state index in [1.807, 2.05) is 0 Å². The highest BCUT2D eigenvalue weighted by atomic mass is 16.6.